The molecule has 1 heterocycles. The van der Waals surface area contributed by atoms with Gasteiger partial charge in [-0.3, -0.25) is 4.79 Å². The molecule has 2 rings (SSSR count). The van der Waals surface area contributed by atoms with E-state index >= 15 is 0 Å². The molecule has 9 heteroatoms. The summed E-state index contributed by atoms with van der Waals surface area (Å²) in [5, 5.41) is 10.8. The van der Waals surface area contributed by atoms with Crippen molar-refractivity contribution in [2.75, 3.05) is 33.9 Å². The summed E-state index contributed by atoms with van der Waals surface area (Å²) in [5.74, 6) is -1.07. The van der Waals surface area contributed by atoms with Gasteiger partial charge in [0.05, 0.1) is 20.1 Å². The maximum atomic E-state index is 14.0. The van der Waals surface area contributed by atoms with E-state index in [-0.39, 0.29) is 36.3 Å². The van der Waals surface area contributed by atoms with E-state index < -0.39 is 36.0 Å². The van der Waals surface area contributed by atoms with Gasteiger partial charge in [-0.2, -0.15) is 13.2 Å². The summed E-state index contributed by atoms with van der Waals surface area (Å²) in [6.07, 6.45) is -4.85. The number of methoxy groups -OCH3 is 2. The zero-order valence-electron chi connectivity index (χ0n) is 17.7. The van der Waals surface area contributed by atoms with Crippen LogP contribution in [0.2, 0.25) is 0 Å². The van der Waals surface area contributed by atoms with E-state index in [4.69, 9.17) is 9.47 Å². The number of rotatable bonds is 7. The smallest absolute Gasteiger partial charge is 0.418 e. The van der Waals surface area contributed by atoms with Crippen LogP contribution in [0, 0.1) is 11.7 Å². The Labute approximate surface area is 174 Å². The molecule has 1 saturated heterocycles. The number of nitrogens with zero attached hydrogens (tertiary/aromatic N) is 1. The lowest BCUT2D eigenvalue weighted by Gasteiger charge is -2.42. The molecule has 1 aromatic rings. The number of likely N-dealkylation sites (tertiary alicyclic amines) is 1. The van der Waals surface area contributed by atoms with Crippen LogP contribution in [0.15, 0.2) is 18.2 Å². The average molecular weight is 435 g/mol. The minimum absolute atomic E-state index is 0.238. The standard InChI is InChI=1S/C21H29F4NO4/c1-19(2,16-11-15(22)5-6-17(16)29-3)12-20(28,21(23,24)25)13-26-9-7-14(8-10-26)18(27)30-4/h5-6,11,14,28H,7-10,12-13H2,1-4H3. The van der Waals surface area contributed by atoms with Crippen LogP contribution in [0.1, 0.15) is 38.7 Å². The molecule has 1 N–H and O–H groups in total. The lowest BCUT2D eigenvalue weighted by molar-refractivity contribution is -0.272. The maximum Gasteiger partial charge on any atom is 0.418 e. The normalized spacial score (nSPS) is 18.7. The Morgan fingerprint density at radius 3 is 2.30 bits per heavy atom. The van der Waals surface area contributed by atoms with Gasteiger partial charge in [0.25, 0.3) is 0 Å². The first-order chi connectivity index (χ1) is 13.8. The monoisotopic (exact) mass is 435 g/mol. The number of esters is 1. The Kier molecular flexibility index (Phi) is 7.40. The number of piperidine rings is 1. The van der Waals surface area contributed by atoms with Crippen molar-refractivity contribution in [1.82, 2.24) is 4.90 Å². The zero-order chi connectivity index (χ0) is 22.7. The average Bonchev–Trinajstić information content (AvgIpc) is 2.66. The molecule has 0 spiro atoms. The van der Waals surface area contributed by atoms with E-state index in [1.165, 1.54) is 45.1 Å². The molecule has 0 amide bonds. The van der Waals surface area contributed by atoms with Crippen molar-refractivity contribution in [1.29, 1.82) is 0 Å². The fraction of sp³-hybridized carbons (Fsp3) is 0.667. The molecule has 1 aliphatic heterocycles. The quantitative estimate of drug-likeness (QED) is 0.523. The van der Waals surface area contributed by atoms with Gasteiger partial charge in [0.1, 0.15) is 11.6 Å². The van der Waals surface area contributed by atoms with Gasteiger partial charge in [-0.1, -0.05) is 13.8 Å². The molecule has 0 aliphatic carbocycles. The lowest BCUT2D eigenvalue weighted by Crippen LogP contribution is -2.57. The summed E-state index contributed by atoms with van der Waals surface area (Å²) in [6.45, 7) is 2.88. The van der Waals surface area contributed by atoms with Crippen molar-refractivity contribution in [2.45, 2.75) is 50.3 Å². The minimum Gasteiger partial charge on any atom is -0.496 e. The van der Waals surface area contributed by atoms with Gasteiger partial charge in [-0.05, 0) is 56.0 Å². The fourth-order valence-electron chi connectivity index (χ4n) is 4.14. The predicted octanol–water partition coefficient (Wildman–Crippen LogP) is 3.68. The van der Waals surface area contributed by atoms with E-state index in [0.717, 1.165) is 6.07 Å². The van der Waals surface area contributed by atoms with E-state index in [9.17, 15) is 27.5 Å². The third-order valence-corrected chi connectivity index (χ3v) is 5.76. The molecule has 1 atom stereocenters. The van der Waals surface area contributed by atoms with Gasteiger partial charge < -0.3 is 19.5 Å². The van der Waals surface area contributed by atoms with Crippen LogP contribution in [0.25, 0.3) is 0 Å². The SMILES string of the molecule is COC(=O)C1CCN(CC(O)(CC(C)(C)c2cc(F)ccc2OC)C(F)(F)F)CC1. The first-order valence-electron chi connectivity index (χ1n) is 9.76. The van der Waals surface area contributed by atoms with Gasteiger partial charge in [0, 0.05) is 12.1 Å². The van der Waals surface area contributed by atoms with Gasteiger partial charge in [0.15, 0.2) is 5.60 Å². The van der Waals surface area contributed by atoms with E-state index in [1.807, 2.05) is 0 Å². The molecule has 1 aromatic carbocycles. The Hall–Kier alpha value is -1.87. The molecular formula is C21H29F4NO4. The predicted molar refractivity (Wildman–Crippen MR) is 103 cm³/mol. The van der Waals surface area contributed by atoms with Crippen LogP contribution >= 0.6 is 0 Å². The largest absolute Gasteiger partial charge is 0.496 e. The van der Waals surface area contributed by atoms with E-state index in [2.05, 4.69) is 0 Å². The van der Waals surface area contributed by atoms with Crippen LogP contribution in [0.3, 0.4) is 0 Å². The number of alkyl halides is 3. The summed E-state index contributed by atoms with van der Waals surface area (Å²) in [5.41, 5.74) is -4.01. The van der Waals surface area contributed by atoms with Gasteiger partial charge in [-0.15, -0.1) is 0 Å². The summed E-state index contributed by atoms with van der Waals surface area (Å²) in [7, 11) is 2.63. The van der Waals surface area contributed by atoms with Crippen LogP contribution in [-0.2, 0) is 14.9 Å². The highest BCUT2D eigenvalue weighted by Crippen LogP contribution is 2.44. The van der Waals surface area contributed by atoms with Crippen LogP contribution < -0.4 is 4.74 Å². The number of hydrogen-bond donors (Lipinski definition) is 1. The maximum absolute atomic E-state index is 14.0. The van der Waals surface area contributed by atoms with Crippen molar-refractivity contribution in [3.05, 3.63) is 29.6 Å². The molecule has 0 radical (unpaired) electrons. The third-order valence-electron chi connectivity index (χ3n) is 5.76. The number of carbonyl (C=O) groups excluding carboxylic acids is 1. The second kappa shape index (κ2) is 9.09. The van der Waals surface area contributed by atoms with E-state index in [0.29, 0.717) is 12.8 Å². The van der Waals surface area contributed by atoms with Crippen molar-refractivity contribution >= 4 is 5.97 Å². The summed E-state index contributed by atoms with van der Waals surface area (Å²) < 4.78 is 65.6. The highest BCUT2D eigenvalue weighted by molar-refractivity contribution is 5.72. The first kappa shape index (κ1) is 24.4. The Morgan fingerprint density at radius 1 is 1.20 bits per heavy atom. The van der Waals surface area contributed by atoms with Gasteiger partial charge in [0.2, 0.25) is 0 Å². The van der Waals surface area contributed by atoms with E-state index in [1.54, 1.807) is 0 Å². The van der Waals surface area contributed by atoms with Crippen molar-refractivity contribution in [3.8, 4) is 5.75 Å². The number of ether oxygens (including phenoxy) is 2. The van der Waals surface area contributed by atoms with Crippen LogP contribution in [0.4, 0.5) is 17.6 Å². The number of aliphatic hydroxyl groups is 1. The molecule has 30 heavy (non-hydrogen) atoms. The summed E-state index contributed by atoms with van der Waals surface area (Å²) >= 11 is 0. The molecule has 1 aliphatic rings. The Morgan fingerprint density at radius 2 is 1.80 bits per heavy atom. The Bertz CT molecular complexity index is 745. The minimum atomic E-state index is -4.90. The van der Waals surface area contributed by atoms with Gasteiger partial charge >= 0.3 is 12.1 Å². The Balaban J connectivity index is 2.23. The zero-order valence-corrected chi connectivity index (χ0v) is 17.7. The van der Waals surface area contributed by atoms with Gasteiger partial charge in [-0.25, -0.2) is 4.39 Å². The molecule has 0 aromatic heterocycles. The van der Waals surface area contributed by atoms with Crippen molar-refractivity contribution in [3.63, 3.8) is 0 Å². The van der Waals surface area contributed by atoms with Crippen molar-refractivity contribution < 1.29 is 36.9 Å². The first-order valence-corrected chi connectivity index (χ1v) is 9.76. The summed E-state index contributed by atoms with van der Waals surface area (Å²) in [4.78, 5) is 13.1. The highest BCUT2D eigenvalue weighted by Gasteiger charge is 2.57. The molecule has 0 bridgehead atoms. The van der Waals surface area contributed by atoms with Crippen molar-refractivity contribution in [2.24, 2.45) is 5.92 Å². The number of halogens is 4. The third kappa shape index (κ3) is 5.43. The molecule has 1 fully saturated rings. The molecular weight excluding hydrogens is 406 g/mol. The topological polar surface area (TPSA) is 59.0 Å². The number of hydrogen-bond acceptors (Lipinski definition) is 5. The molecule has 1 unspecified atom stereocenters. The number of β-amino-alcohol motifs (C(OH)–C–C–N with tert-alkyl or cyclic N) is 1. The summed E-state index contributed by atoms with van der Waals surface area (Å²) in [6, 6.07) is 3.66. The molecule has 170 valence electrons. The highest BCUT2D eigenvalue weighted by atomic mass is 19.4. The number of benzene rings is 1. The second-order valence-corrected chi connectivity index (χ2v) is 8.51. The van der Waals surface area contributed by atoms with Crippen LogP contribution in [-0.4, -0.2) is 61.6 Å². The van der Waals surface area contributed by atoms with Crippen LogP contribution in [0.5, 0.6) is 5.75 Å². The molecule has 5 nitrogen and oxygen atoms in total. The fourth-order valence-corrected chi connectivity index (χ4v) is 4.14. The molecule has 0 saturated carbocycles. The second-order valence-electron chi connectivity index (χ2n) is 8.51. The number of carbonyl (C=O) groups is 1. The lowest BCUT2D eigenvalue weighted by atomic mass is 9.74.